The van der Waals surface area contributed by atoms with Gasteiger partial charge in [0.2, 0.25) is 0 Å². The molecule has 0 amide bonds. The van der Waals surface area contributed by atoms with Crippen LogP contribution in [0.5, 0.6) is 0 Å². The Morgan fingerprint density at radius 1 is 1.39 bits per heavy atom. The molecular weight excluding hydrogens is 228 g/mol. The van der Waals surface area contributed by atoms with Crippen molar-refractivity contribution in [2.45, 2.75) is 46.4 Å². The number of hydrogen-bond acceptors (Lipinski definition) is 4. The van der Waals surface area contributed by atoms with E-state index in [-0.39, 0.29) is 0 Å². The Hall–Kier alpha value is -1.69. The van der Waals surface area contributed by atoms with E-state index in [2.05, 4.69) is 46.0 Å². The molecule has 2 aromatic rings. The first-order valence-electron chi connectivity index (χ1n) is 6.30. The first kappa shape index (κ1) is 12.8. The van der Waals surface area contributed by atoms with E-state index in [1.54, 1.807) is 0 Å². The van der Waals surface area contributed by atoms with Gasteiger partial charge in [-0.1, -0.05) is 19.1 Å². The molecule has 0 saturated carbocycles. The summed E-state index contributed by atoms with van der Waals surface area (Å²) < 4.78 is 3.95. The van der Waals surface area contributed by atoms with Crippen molar-refractivity contribution in [3.63, 3.8) is 0 Å². The van der Waals surface area contributed by atoms with Crippen molar-refractivity contribution in [3.8, 4) is 0 Å². The van der Waals surface area contributed by atoms with Crippen LogP contribution in [0, 0.1) is 0 Å². The largest absolute Gasteiger partial charge is 0.333 e. The van der Waals surface area contributed by atoms with Crippen LogP contribution in [-0.4, -0.2) is 30.6 Å². The summed E-state index contributed by atoms with van der Waals surface area (Å²) in [6, 6.07) is 0.455. The lowest BCUT2D eigenvalue weighted by atomic mass is 10.3. The van der Waals surface area contributed by atoms with Crippen molar-refractivity contribution in [1.29, 1.82) is 0 Å². The van der Waals surface area contributed by atoms with E-state index < -0.39 is 0 Å². The zero-order valence-corrected chi connectivity index (χ0v) is 11.2. The van der Waals surface area contributed by atoms with Crippen molar-refractivity contribution in [3.05, 3.63) is 30.1 Å². The number of aryl methyl sites for hydroxylation is 1. The highest BCUT2D eigenvalue weighted by Crippen LogP contribution is 2.02. The third-order valence-electron chi connectivity index (χ3n) is 2.74. The van der Waals surface area contributed by atoms with Crippen LogP contribution in [0.2, 0.25) is 0 Å². The molecule has 0 aromatic carbocycles. The number of aromatic nitrogens is 5. The van der Waals surface area contributed by atoms with Gasteiger partial charge in [0.15, 0.2) is 0 Å². The predicted molar refractivity (Wildman–Crippen MR) is 69.0 cm³/mol. The predicted octanol–water partition coefficient (Wildman–Crippen LogP) is 1.04. The van der Waals surface area contributed by atoms with Gasteiger partial charge in [-0.2, -0.15) is 0 Å². The lowest BCUT2D eigenvalue weighted by molar-refractivity contribution is 0.580. The van der Waals surface area contributed by atoms with Crippen LogP contribution in [0.25, 0.3) is 0 Å². The minimum atomic E-state index is 0.455. The first-order chi connectivity index (χ1) is 8.69. The van der Waals surface area contributed by atoms with Crippen LogP contribution in [0.1, 0.15) is 32.2 Å². The smallest absolute Gasteiger partial charge is 0.0965 e. The highest BCUT2D eigenvalue weighted by atomic mass is 15.4. The second kappa shape index (κ2) is 5.77. The monoisotopic (exact) mass is 248 g/mol. The van der Waals surface area contributed by atoms with Crippen molar-refractivity contribution in [1.82, 2.24) is 29.9 Å². The van der Waals surface area contributed by atoms with Crippen molar-refractivity contribution < 1.29 is 0 Å². The van der Waals surface area contributed by atoms with E-state index >= 15 is 0 Å². The Bertz CT molecular complexity index is 484. The van der Waals surface area contributed by atoms with Gasteiger partial charge in [-0.3, -0.25) is 0 Å². The number of nitrogens with one attached hydrogen (secondary N) is 1. The summed E-state index contributed by atoms with van der Waals surface area (Å²) in [4.78, 5) is 4.14. The van der Waals surface area contributed by atoms with E-state index in [1.807, 2.05) is 23.4 Å². The second-order valence-electron chi connectivity index (χ2n) is 4.61. The Kier molecular flexibility index (Phi) is 4.09. The second-order valence-corrected chi connectivity index (χ2v) is 4.61. The minimum Gasteiger partial charge on any atom is -0.333 e. The van der Waals surface area contributed by atoms with Crippen LogP contribution >= 0.6 is 0 Å². The summed E-state index contributed by atoms with van der Waals surface area (Å²) in [7, 11) is 0. The Balaban J connectivity index is 1.98. The number of hydrogen-bond donors (Lipinski definition) is 1. The summed E-state index contributed by atoms with van der Waals surface area (Å²) in [6.45, 7) is 8.72. The van der Waals surface area contributed by atoms with Gasteiger partial charge in [-0.05, 0) is 6.92 Å². The number of nitrogens with zero attached hydrogens (tertiary/aromatic N) is 5. The fourth-order valence-corrected chi connectivity index (χ4v) is 1.74. The molecule has 98 valence electrons. The zero-order chi connectivity index (χ0) is 13.0. The van der Waals surface area contributed by atoms with Gasteiger partial charge in [0.05, 0.1) is 36.7 Å². The van der Waals surface area contributed by atoms with Crippen LogP contribution in [0.3, 0.4) is 0 Å². The highest BCUT2D eigenvalue weighted by molar-refractivity contribution is 5.00. The normalized spacial score (nSPS) is 11.3. The van der Waals surface area contributed by atoms with Gasteiger partial charge in [-0.25, -0.2) is 9.67 Å². The van der Waals surface area contributed by atoms with Crippen LogP contribution in [-0.2, 0) is 19.6 Å². The molecule has 0 aliphatic heterocycles. The van der Waals surface area contributed by atoms with Gasteiger partial charge in [0, 0.05) is 19.1 Å². The average molecular weight is 248 g/mol. The van der Waals surface area contributed by atoms with Crippen LogP contribution in [0.15, 0.2) is 18.7 Å². The van der Waals surface area contributed by atoms with E-state index in [0.29, 0.717) is 12.6 Å². The van der Waals surface area contributed by atoms with E-state index in [4.69, 9.17) is 0 Å². The third kappa shape index (κ3) is 3.16. The molecule has 0 fully saturated rings. The molecule has 1 N–H and O–H groups in total. The van der Waals surface area contributed by atoms with Gasteiger partial charge < -0.3 is 9.88 Å². The molecule has 2 heterocycles. The molecule has 2 rings (SSSR count). The summed E-state index contributed by atoms with van der Waals surface area (Å²) in [5.74, 6) is 0. The molecule has 0 aliphatic rings. The molecule has 0 atom stereocenters. The van der Waals surface area contributed by atoms with Gasteiger partial charge in [0.1, 0.15) is 0 Å². The number of imidazole rings is 1. The quantitative estimate of drug-likeness (QED) is 0.830. The van der Waals surface area contributed by atoms with Crippen molar-refractivity contribution in [2.24, 2.45) is 0 Å². The maximum atomic E-state index is 4.14. The Labute approximate surface area is 107 Å². The van der Waals surface area contributed by atoms with Crippen LogP contribution < -0.4 is 5.32 Å². The first-order valence-corrected chi connectivity index (χ1v) is 6.30. The highest BCUT2D eigenvalue weighted by Gasteiger charge is 2.05. The Morgan fingerprint density at radius 3 is 2.94 bits per heavy atom. The summed E-state index contributed by atoms with van der Waals surface area (Å²) in [5, 5.41) is 11.6. The van der Waals surface area contributed by atoms with Gasteiger partial charge >= 0.3 is 0 Å². The van der Waals surface area contributed by atoms with Crippen molar-refractivity contribution >= 4 is 0 Å². The van der Waals surface area contributed by atoms with E-state index in [0.717, 1.165) is 24.5 Å². The molecule has 18 heavy (non-hydrogen) atoms. The molecule has 6 nitrogen and oxygen atoms in total. The SMILES string of the molecule is CCn1cncc1Cn1cc(CNC(C)C)nn1. The third-order valence-corrected chi connectivity index (χ3v) is 2.74. The topological polar surface area (TPSA) is 60.6 Å². The maximum absolute atomic E-state index is 4.14. The van der Waals surface area contributed by atoms with Gasteiger partial charge in [0.25, 0.3) is 0 Å². The lowest BCUT2D eigenvalue weighted by Crippen LogP contribution is -2.21. The van der Waals surface area contributed by atoms with E-state index in [1.165, 1.54) is 0 Å². The van der Waals surface area contributed by atoms with Crippen LogP contribution in [0.4, 0.5) is 0 Å². The molecule has 0 saturated heterocycles. The lowest BCUT2D eigenvalue weighted by Gasteiger charge is -2.05. The summed E-state index contributed by atoms with van der Waals surface area (Å²) in [6.07, 6.45) is 5.69. The van der Waals surface area contributed by atoms with Gasteiger partial charge in [-0.15, -0.1) is 5.10 Å². The summed E-state index contributed by atoms with van der Waals surface area (Å²) >= 11 is 0. The maximum Gasteiger partial charge on any atom is 0.0965 e. The average Bonchev–Trinajstić information content (AvgIpc) is 2.96. The summed E-state index contributed by atoms with van der Waals surface area (Å²) in [5.41, 5.74) is 2.11. The van der Waals surface area contributed by atoms with E-state index in [9.17, 15) is 0 Å². The fourth-order valence-electron chi connectivity index (χ4n) is 1.74. The molecular formula is C12H20N6. The zero-order valence-electron chi connectivity index (χ0n) is 11.2. The fraction of sp³-hybridized carbons (Fsp3) is 0.583. The molecule has 0 aliphatic carbocycles. The number of rotatable bonds is 6. The molecule has 6 heteroatoms. The molecule has 0 bridgehead atoms. The standard InChI is InChI=1S/C12H20N6/c1-4-17-9-13-6-12(17)8-18-7-11(15-16-18)5-14-10(2)3/h6-7,9-10,14H,4-5,8H2,1-3H3. The molecule has 2 aromatic heterocycles. The molecule has 0 radical (unpaired) electrons. The molecule has 0 spiro atoms. The molecule has 0 unspecified atom stereocenters. The minimum absolute atomic E-state index is 0.455. The van der Waals surface area contributed by atoms with Crippen molar-refractivity contribution in [2.75, 3.05) is 0 Å². The Morgan fingerprint density at radius 2 is 2.22 bits per heavy atom.